The molecular formula is C14H22. The van der Waals surface area contributed by atoms with E-state index in [4.69, 9.17) is 0 Å². The summed E-state index contributed by atoms with van der Waals surface area (Å²) in [6.07, 6.45) is 1.13. The van der Waals surface area contributed by atoms with Crippen LogP contribution in [0.4, 0.5) is 0 Å². The van der Waals surface area contributed by atoms with Crippen molar-refractivity contribution in [3.8, 4) is 0 Å². The maximum atomic E-state index is 2.33. The highest BCUT2D eigenvalue weighted by molar-refractivity contribution is 5.42. The van der Waals surface area contributed by atoms with E-state index in [-0.39, 0.29) is 5.41 Å². The molecule has 0 aromatic heterocycles. The summed E-state index contributed by atoms with van der Waals surface area (Å²) in [5.74, 6) is 0. The molecule has 0 spiro atoms. The van der Waals surface area contributed by atoms with Crippen LogP contribution in [0.15, 0.2) is 12.1 Å². The molecule has 0 heterocycles. The Labute approximate surface area is 88.4 Å². The highest BCUT2D eigenvalue weighted by Crippen LogP contribution is 2.30. The molecule has 0 unspecified atom stereocenters. The molecule has 0 amide bonds. The van der Waals surface area contributed by atoms with E-state index in [2.05, 4.69) is 53.7 Å². The van der Waals surface area contributed by atoms with Crippen LogP contribution in [0.1, 0.15) is 49.9 Å². The first-order valence-corrected chi connectivity index (χ1v) is 5.47. The van der Waals surface area contributed by atoms with Gasteiger partial charge in [0.25, 0.3) is 0 Å². The normalized spacial score (nSPS) is 11.9. The van der Waals surface area contributed by atoms with Gasteiger partial charge in [-0.2, -0.15) is 0 Å². The number of benzene rings is 1. The average Bonchev–Trinajstić information content (AvgIpc) is 1.99. The van der Waals surface area contributed by atoms with E-state index in [1.807, 2.05) is 0 Å². The fourth-order valence-electron chi connectivity index (χ4n) is 2.41. The fourth-order valence-corrected chi connectivity index (χ4v) is 2.41. The van der Waals surface area contributed by atoms with Gasteiger partial charge in [0.15, 0.2) is 0 Å². The average molecular weight is 190 g/mol. The van der Waals surface area contributed by atoms with Crippen molar-refractivity contribution in [1.29, 1.82) is 0 Å². The Balaban J connectivity index is 3.40. The van der Waals surface area contributed by atoms with Gasteiger partial charge in [-0.15, -0.1) is 0 Å². The second kappa shape index (κ2) is 3.76. The number of hydrogen-bond acceptors (Lipinski definition) is 0. The van der Waals surface area contributed by atoms with E-state index in [0.717, 1.165) is 6.42 Å². The van der Waals surface area contributed by atoms with Gasteiger partial charge in [-0.3, -0.25) is 0 Å². The van der Waals surface area contributed by atoms with Crippen LogP contribution < -0.4 is 0 Å². The minimum Gasteiger partial charge on any atom is -0.0613 e. The first-order valence-electron chi connectivity index (χ1n) is 5.47. The molecule has 14 heavy (non-hydrogen) atoms. The Bertz CT molecular complexity index is 327. The SMILES string of the molecule is CCc1cc(C)cc(C)c1C(C)(C)C. The largest absolute Gasteiger partial charge is 0.0613 e. The number of rotatable bonds is 1. The van der Waals surface area contributed by atoms with Crippen LogP contribution >= 0.6 is 0 Å². The molecule has 0 radical (unpaired) electrons. The van der Waals surface area contributed by atoms with Crippen LogP contribution in [0.2, 0.25) is 0 Å². The molecule has 0 aliphatic rings. The molecule has 0 fully saturated rings. The van der Waals surface area contributed by atoms with Crippen molar-refractivity contribution >= 4 is 0 Å². The summed E-state index contributed by atoms with van der Waals surface area (Å²) >= 11 is 0. The highest BCUT2D eigenvalue weighted by Gasteiger charge is 2.19. The quantitative estimate of drug-likeness (QED) is 0.623. The molecule has 0 nitrogen and oxygen atoms in total. The molecule has 0 aliphatic carbocycles. The molecule has 0 saturated carbocycles. The van der Waals surface area contributed by atoms with E-state index in [0.29, 0.717) is 0 Å². The molecule has 0 aliphatic heterocycles. The zero-order valence-corrected chi connectivity index (χ0v) is 10.4. The van der Waals surface area contributed by atoms with Gasteiger partial charge < -0.3 is 0 Å². The van der Waals surface area contributed by atoms with Gasteiger partial charge in [0, 0.05) is 0 Å². The van der Waals surface area contributed by atoms with Crippen molar-refractivity contribution in [1.82, 2.24) is 0 Å². The summed E-state index contributed by atoms with van der Waals surface area (Å²) in [6.45, 7) is 13.5. The maximum Gasteiger partial charge on any atom is -0.0127 e. The van der Waals surface area contributed by atoms with Gasteiger partial charge in [-0.25, -0.2) is 0 Å². The minimum absolute atomic E-state index is 0.267. The van der Waals surface area contributed by atoms with E-state index in [1.54, 1.807) is 0 Å². The molecule has 78 valence electrons. The van der Waals surface area contributed by atoms with Crippen LogP contribution in [0.3, 0.4) is 0 Å². The Hall–Kier alpha value is -0.780. The predicted octanol–water partition coefficient (Wildman–Crippen LogP) is 4.16. The van der Waals surface area contributed by atoms with Gasteiger partial charge in [0.1, 0.15) is 0 Å². The van der Waals surface area contributed by atoms with Crippen LogP contribution in [-0.2, 0) is 11.8 Å². The fraction of sp³-hybridized carbons (Fsp3) is 0.571. The lowest BCUT2D eigenvalue weighted by Crippen LogP contribution is -2.16. The Morgan fingerprint density at radius 3 is 2.07 bits per heavy atom. The summed E-state index contributed by atoms with van der Waals surface area (Å²) in [7, 11) is 0. The predicted molar refractivity (Wildman–Crippen MR) is 64.0 cm³/mol. The Morgan fingerprint density at radius 1 is 1.07 bits per heavy atom. The first-order chi connectivity index (χ1) is 6.36. The summed E-state index contributed by atoms with van der Waals surface area (Å²) in [5.41, 5.74) is 6.13. The van der Waals surface area contributed by atoms with Gasteiger partial charge in [-0.1, -0.05) is 45.4 Å². The zero-order chi connectivity index (χ0) is 10.9. The van der Waals surface area contributed by atoms with E-state index in [1.165, 1.54) is 22.3 Å². The molecular weight excluding hydrogens is 168 g/mol. The Morgan fingerprint density at radius 2 is 1.64 bits per heavy atom. The van der Waals surface area contributed by atoms with Crippen molar-refractivity contribution < 1.29 is 0 Å². The van der Waals surface area contributed by atoms with E-state index >= 15 is 0 Å². The first kappa shape index (κ1) is 11.3. The van der Waals surface area contributed by atoms with Gasteiger partial charge in [0.05, 0.1) is 0 Å². The van der Waals surface area contributed by atoms with Crippen LogP contribution in [-0.4, -0.2) is 0 Å². The Kier molecular flexibility index (Phi) is 3.04. The number of hydrogen-bond donors (Lipinski definition) is 0. The van der Waals surface area contributed by atoms with Crippen molar-refractivity contribution in [3.63, 3.8) is 0 Å². The smallest absolute Gasteiger partial charge is 0.0127 e. The second-order valence-electron chi connectivity index (χ2n) is 5.22. The molecule has 0 atom stereocenters. The molecule has 1 aromatic carbocycles. The molecule has 0 bridgehead atoms. The van der Waals surface area contributed by atoms with Crippen molar-refractivity contribution in [3.05, 3.63) is 34.4 Å². The molecule has 1 aromatic rings. The van der Waals surface area contributed by atoms with Crippen molar-refractivity contribution in [2.75, 3.05) is 0 Å². The highest BCUT2D eigenvalue weighted by atomic mass is 14.2. The molecule has 0 N–H and O–H groups in total. The molecule has 0 saturated heterocycles. The lowest BCUT2D eigenvalue weighted by atomic mass is 9.79. The van der Waals surface area contributed by atoms with Gasteiger partial charge in [0.2, 0.25) is 0 Å². The van der Waals surface area contributed by atoms with Crippen molar-refractivity contribution in [2.24, 2.45) is 0 Å². The van der Waals surface area contributed by atoms with E-state index in [9.17, 15) is 0 Å². The zero-order valence-electron chi connectivity index (χ0n) is 10.4. The summed E-state index contributed by atoms with van der Waals surface area (Å²) < 4.78 is 0. The summed E-state index contributed by atoms with van der Waals surface area (Å²) in [6, 6.07) is 4.62. The van der Waals surface area contributed by atoms with Crippen LogP contribution in [0.25, 0.3) is 0 Å². The number of aryl methyl sites for hydroxylation is 3. The van der Waals surface area contributed by atoms with Gasteiger partial charge >= 0.3 is 0 Å². The summed E-state index contributed by atoms with van der Waals surface area (Å²) in [5, 5.41) is 0. The standard InChI is InChI=1S/C14H22/c1-7-12-9-10(2)8-11(3)13(12)14(4,5)6/h8-9H,7H2,1-6H3. The van der Waals surface area contributed by atoms with Gasteiger partial charge in [-0.05, 0) is 42.4 Å². The lowest BCUT2D eigenvalue weighted by molar-refractivity contribution is 0.579. The summed E-state index contributed by atoms with van der Waals surface area (Å²) in [4.78, 5) is 0. The maximum absolute atomic E-state index is 2.33. The van der Waals surface area contributed by atoms with Crippen LogP contribution in [0, 0.1) is 13.8 Å². The molecule has 0 heteroatoms. The monoisotopic (exact) mass is 190 g/mol. The third-order valence-corrected chi connectivity index (χ3v) is 2.69. The third kappa shape index (κ3) is 2.17. The third-order valence-electron chi connectivity index (χ3n) is 2.69. The van der Waals surface area contributed by atoms with E-state index < -0.39 is 0 Å². The second-order valence-corrected chi connectivity index (χ2v) is 5.22. The molecule has 1 rings (SSSR count). The van der Waals surface area contributed by atoms with Crippen LogP contribution in [0.5, 0.6) is 0 Å². The van der Waals surface area contributed by atoms with Crippen molar-refractivity contribution in [2.45, 2.75) is 53.4 Å². The lowest BCUT2D eigenvalue weighted by Gasteiger charge is -2.25. The topological polar surface area (TPSA) is 0 Å². The minimum atomic E-state index is 0.267.